The fourth-order valence-electron chi connectivity index (χ4n) is 2.98. The zero-order valence-corrected chi connectivity index (χ0v) is 11.4. The molecule has 0 amide bonds. The minimum atomic E-state index is -0.225. The molecule has 0 heterocycles. The summed E-state index contributed by atoms with van der Waals surface area (Å²) in [6, 6.07) is 6.61. The fraction of sp³-hybridized carbons (Fsp3) is 0.600. The number of nitrogens with one attached hydrogen (secondary N) is 1. The van der Waals surface area contributed by atoms with Gasteiger partial charge in [-0.1, -0.05) is 13.8 Å². The Hall–Kier alpha value is -1.09. The van der Waals surface area contributed by atoms with E-state index in [1.165, 1.54) is 25.0 Å². The number of rotatable bonds is 3. The number of benzene rings is 1. The first-order valence-electron chi connectivity index (χ1n) is 6.62. The van der Waals surface area contributed by atoms with Crippen molar-refractivity contribution in [2.75, 3.05) is 7.05 Å². The van der Waals surface area contributed by atoms with Gasteiger partial charge in [0.1, 0.15) is 17.7 Å². The van der Waals surface area contributed by atoms with E-state index in [4.69, 9.17) is 4.74 Å². The van der Waals surface area contributed by atoms with Crippen molar-refractivity contribution in [3.8, 4) is 5.75 Å². The molecular weight excluding hydrogens is 229 g/mol. The molecule has 0 saturated heterocycles. The highest BCUT2D eigenvalue weighted by Crippen LogP contribution is 2.37. The van der Waals surface area contributed by atoms with E-state index < -0.39 is 0 Å². The zero-order chi connectivity index (χ0) is 13.2. The monoisotopic (exact) mass is 251 g/mol. The molecule has 3 heteroatoms. The van der Waals surface area contributed by atoms with E-state index in [2.05, 4.69) is 19.2 Å². The van der Waals surface area contributed by atoms with E-state index in [0.717, 1.165) is 12.2 Å². The van der Waals surface area contributed by atoms with E-state index >= 15 is 0 Å². The molecule has 1 fully saturated rings. The van der Waals surface area contributed by atoms with Crippen molar-refractivity contribution in [2.45, 2.75) is 45.3 Å². The molecule has 0 bridgehead atoms. The lowest BCUT2D eigenvalue weighted by Gasteiger charge is -2.43. The summed E-state index contributed by atoms with van der Waals surface area (Å²) in [5, 5.41) is 3.38. The fourth-order valence-corrected chi connectivity index (χ4v) is 2.98. The molecular formula is C15H22FNO. The number of ether oxygens (including phenoxy) is 1. The van der Waals surface area contributed by atoms with E-state index in [1.807, 2.05) is 7.05 Å². The predicted octanol–water partition coefficient (Wildman–Crippen LogP) is 3.37. The maximum atomic E-state index is 12.9. The third kappa shape index (κ3) is 2.83. The zero-order valence-electron chi connectivity index (χ0n) is 11.4. The molecule has 1 aromatic carbocycles. The van der Waals surface area contributed by atoms with Crippen molar-refractivity contribution in [1.29, 1.82) is 0 Å². The molecule has 18 heavy (non-hydrogen) atoms. The second-order valence-electron chi connectivity index (χ2n) is 5.76. The first kappa shape index (κ1) is 13.3. The summed E-state index contributed by atoms with van der Waals surface area (Å²) in [6.45, 7) is 4.54. The highest BCUT2D eigenvalue weighted by atomic mass is 19.1. The molecule has 2 nitrogen and oxygen atoms in total. The second kappa shape index (κ2) is 5.27. The van der Waals surface area contributed by atoms with Crippen molar-refractivity contribution >= 4 is 0 Å². The van der Waals surface area contributed by atoms with Gasteiger partial charge in [0, 0.05) is 6.04 Å². The largest absolute Gasteiger partial charge is 0.489 e. The van der Waals surface area contributed by atoms with Gasteiger partial charge in [0.05, 0.1) is 0 Å². The van der Waals surface area contributed by atoms with E-state index in [0.29, 0.717) is 6.04 Å². The van der Waals surface area contributed by atoms with Crippen molar-refractivity contribution < 1.29 is 9.13 Å². The van der Waals surface area contributed by atoms with Crippen LogP contribution in [0.1, 0.15) is 33.1 Å². The van der Waals surface area contributed by atoms with Gasteiger partial charge in [0.2, 0.25) is 0 Å². The topological polar surface area (TPSA) is 21.3 Å². The van der Waals surface area contributed by atoms with Gasteiger partial charge in [0.15, 0.2) is 0 Å². The van der Waals surface area contributed by atoms with Crippen LogP contribution in [0.25, 0.3) is 0 Å². The van der Waals surface area contributed by atoms with Gasteiger partial charge >= 0.3 is 0 Å². The predicted molar refractivity (Wildman–Crippen MR) is 71.3 cm³/mol. The third-order valence-electron chi connectivity index (χ3n) is 3.94. The van der Waals surface area contributed by atoms with Crippen molar-refractivity contribution in [2.24, 2.45) is 5.41 Å². The lowest BCUT2D eigenvalue weighted by atomic mass is 9.72. The minimum absolute atomic E-state index is 0.157. The molecule has 2 unspecified atom stereocenters. The number of likely N-dealkylation sites (N-methyl/N-ethyl adjacent to an activating group) is 1. The van der Waals surface area contributed by atoms with E-state index in [-0.39, 0.29) is 17.3 Å². The first-order valence-corrected chi connectivity index (χ1v) is 6.62. The summed E-state index contributed by atoms with van der Waals surface area (Å²) in [4.78, 5) is 0. The minimum Gasteiger partial charge on any atom is -0.489 e. The number of hydrogen-bond donors (Lipinski definition) is 1. The average molecular weight is 251 g/mol. The Morgan fingerprint density at radius 2 is 1.94 bits per heavy atom. The van der Waals surface area contributed by atoms with Gasteiger partial charge in [-0.25, -0.2) is 4.39 Å². The first-order chi connectivity index (χ1) is 8.53. The van der Waals surface area contributed by atoms with Gasteiger partial charge in [-0.2, -0.15) is 0 Å². The van der Waals surface area contributed by atoms with Gasteiger partial charge in [-0.15, -0.1) is 0 Å². The van der Waals surface area contributed by atoms with Gasteiger partial charge in [-0.05, 0) is 56.0 Å². The molecule has 0 aromatic heterocycles. The van der Waals surface area contributed by atoms with Crippen LogP contribution < -0.4 is 10.1 Å². The lowest BCUT2D eigenvalue weighted by Crippen LogP contribution is -2.53. The Morgan fingerprint density at radius 1 is 1.28 bits per heavy atom. The Labute approximate surface area is 109 Å². The molecule has 2 atom stereocenters. The molecule has 0 spiro atoms. The van der Waals surface area contributed by atoms with Crippen LogP contribution in [0.3, 0.4) is 0 Å². The molecule has 1 aliphatic carbocycles. The van der Waals surface area contributed by atoms with Crippen LogP contribution in [0, 0.1) is 11.2 Å². The van der Waals surface area contributed by atoms with Crippen LogP contribution in [-0.2, 0) is 0 Å². The van der Waals surface area contributed by atoms with Crippen LogP contribution in [0.4, 0.5) is 4.39 Å². The summed E-state index contributed by atoms with van der Waals surface area (Å²) in [7, 11) is 1.98. The van der Waals surface area contributed by atoms with Crippen LogP contribution >= 0.6 is 0 Å². The normalized spacial score (nSPS) is 26.9. The quantitative estimate of drug-likeness (QED) is 0.889. The molecule has 100 valence electrons. The summed E-state index contributed by atoms with van der Waals surface area (Å²) >= 11 is 0. The lowest BCUT2D eigenvalue weighted by molar-refractivity contribution is 0.0403. The number of halogens is 1. The maximum Gasteiger partial charge on any atom is 0.123 e. The molecule has 0 radical (unpaired) electrons. The summed E-state index contributed by atoms with van der Waals surface area (Å²) in [5.74, 6) is 0.524. The Bertz CT molecular complexity index is 388. The molecule has 1 saturated carbocycles. The molecule has 1 N–H and O–H groups in total. The van der Waals surface area contributed by atoms with Crippen molar-refractivity contribution in [3.05, 3.63) is 30.1 Å². The summed E-state index contributed by atoms with van der Waals surface area (Å²) < 4.78 is 18.9. The highest BCUT2D eigenvalue weighted by molar-refractivity contribution is 5.22. The van der Waals surface area contributed by atoms with Crippen molar-refractivity contribution in [3.63, 3.8) is 0 Å². The Morgan fingerprint density at radius 3 is 2.56 bits per heavy atom. The summed E-state index contributed by atoms with van der Waals surface area (Å²) in [5.41, 5.74) is 0.234. The van der Waals surface area contributed by atoms with Crippen LogP contribution in [0.15, 0.2) is 24.3 Å². The van der Waals surface area contributed by atoms with Gasteiger partial charge in [-0.3, -0.25) is 0 Å². The van der Waals surface area contributed by atoms with Crippen molar-refractivity contribution in [1.82, 2.24) is 5.32 Å². The summed E-state index contributed by atoms with van der Waals surface area (Å²) in [6.07, 6.45) is 3.59. The maximum absolute atomic E-state index is 12.9. The van der Waals surface area contributed by atoms with Crippen LogP contribution in [-0.4, -0.2) is 19.2 Å². The SMILES string of the molecule is CNC1C(Oc2ccc(F)cc2)CCCC1(C)C. The van der Waals surface area contributed by atoms with Crippen LogP contribution in [0.5, 0.6) is 5.75 Å². The van der Waals surface area contributed by atoms with Crippen LogP contribution in [0.2, 0.25) is 0 Å². The molecule has 1 aliphatic rings. The van der Waals surface area contributed by atoms with E-state index in [1.54, 1.807) is 12.1 Å². The standard InChI is InChI=1S/C15H22FNO/c1-15(2)10-4-5-13(14(15)17-3)18-12-8-6-11(16)7-9-12/h6-9,13-14,17H,4-5,10H2,1-3H3. The Kier molecular flexibility index (Phi) is 3.91. The highest BCUT2D eigenvalue weighted by Gasteiger charge is 2.39. The van der Waals surface area contributed by atoms with E-state index in [9.17, 15) is 4.39 Å². The van der Waals surface area contributed by atoms with Gasteiger partial charge in [0.25, 0.3) is 0 Å². The third-order valence-corrected chi connectivity index (χ3v) is 3.94. The Balaban J connectivity index is 2.09. The molecule has 2 rings (SSSR count). The number of hydrogen-bond acceptors (Lipinski definition) is 2. The molecule has 0 aliphatic heterocycles. The van der Waals surface area contributed by atoms with Gasteiger partial charge < -0.3 is 10.1 Å². The average Bonchev–Trinajstić information content (AvgIpc) is 2.31. The smallest absolute Gasteiger partial charge is 0.123 e. The second-order valence-corrected chi connectivity index (χ2v) is 5.76. The molecule has 1 aromatic rings.